The molecule has 0 aliphatic heterocycles. The molecule has 2 aromatic heterocycles. The molecule has 2 N–H and O–H groups in total. The molecule has 2 heterocycles. The Kier molecular flexibility index (Phi) is 6.79. The van der Waals surface area contributed by atoms with Gasteiger partial charge in [-0.25, -0.2) is 4.98 Å². The van der Waals surface area contributed by atoms with E-state index in [-0.39, 0.29) is 12.5 Å². The van der Waals surface area contributed by atoms with Gasteiger partial charge in [-0.3, -0.25) is 9.48 Å². The number of nitrogens with one attached hydrogen (secondary N) is 2. The molecular weight excluding hydrogens is 437 g/mol. The van der Waals surface area contributed by atoms with E-state index in [4.69, 9.17) is 34.8 Å². The molecule has 1 amide bonds. The highest BCUT2D eigenvalue weighted by Crippen LogP contribution is 2.27. The van der Waals surface area contributed by atoms with Crippen LogP contribution in [0.25, 0.3) is 0 Å². The summed E-state index contributed by atoms with van der Waals surface area (Å²) in [6.07, 6.45) is 4.75. The van der Waals surface area contributed by atoms with Gasteiger partial charge in [0.1, 0.15) is 11.6 Å². The van der Waals surface area contributed by atoms with Crippen molar-refractivity contribution < 1.29 is 4.79 Å². The van der Waals surface area contributed by atoms with Crippen molar-refractivity contribution in [3.63, 3.8) is 0 Å². The number of amides is 1. The van der Waals surface area contributed by atoms with Crippen LogP contribution in [-0.4, -0.2) is 44.7 Å². The van der Waals surface area contributed by atoms with Gasteiger partial charge >= 0.3 is 0 Å². The predicted molar refractivity (Wildman–Crippen MR) is 115 cm³/mol. The van der Waals surface area contributed by atoms with Gasteiger partial charge in [0.15, 0.2) is 5.82 Å². The average Bonchev–Trinajstić information content (AvgIpc) is 3.10. The van der Waals surface area contributed by atoms with Crippen LogP contribution in [0.2, 0.25) is 15.1 Å². The highest BCUT2D eigenvalue weighted by Gasteiger charge is 2.11. The number of hydrogen-bond donors (Lipinski definition) is 2. The number of anilines is 3. The third kappa shape index (κ3) is 5.50. The first-order valence-electron chi connectivity index (χ1n) is 8.52. The maximum atomic E-state index is 11.8. The van der Waals surface area contributed by atoms with Crippen LogP contribution < -0.4 is 10.6 Å². The minimum Gasteiger partial charge on any atom is -0.364 e. The van der Waals surface area contributed by atoms with Crippen molar-refractivity contribution in [3.05, 3.63) is 57.4 Å². The second-order valence-electron chi connectivity index (χ2n) is 6.28. The molecule has 29 heavy (non-hydrogen) atoms. The van der Waals surface area contributed by atoms with Crippen molar-refractivity contribution >= 4 is 58.2 Å². The van der Waals surface area contributed by atoms with E-state index in [1.54, 1.807) is 44.7 Å². The summed E-state index contributed by atoms with van der Waals surface area (Å²) in [7, 11) is 3.38. The lowest BCUT2D eigenvalue weighted by atomic mass is 10.2. The first kappa shape index (κ1) is 21.2. The Labute approximate surface area is 182 Å². The Bertz CT molecular complexity index is 1000. The Morgan fingerprint density at radius 2 is 1.86 bits per heavy atom. The second kappa shape index (κ2) is 9.30. The van der Waals surface area contributed by atoms with Crippen molar-refractivity contribution in [2.75, 3.05) is 24.7 Å². The molecule has 1 aromatic carbocycles. The van der Waals surface area contributed by atoms with E-state index in [9.17, 15) is 4.79 Å². The number of carbonyl (C=O) groups is 1. The lowest BCUT2D eigenvalue weighted by Gasteiger charge is -2.11. The fraction of sp³-hybridized carbons (Fsp3) is 0.222. The second-order valence-corrected chi connectivity index (χ2v) is 7.51. The molecule has 0 saturated heterocycles. The fourth-order valence-electron chi connectivity index (χ4n) is 2.35. The molecule has 11 heteroatoms. The maximum absolute atomic E-state index is 11.8. The van der Waals surface area contributed by atoms with Gasteiger partial charge in [-0.1, -0.05) is 40.9 Å². The largest absolute Gasteiger partial charge is 0.364 e. The number of halogens is 3. The van der Waals surface area contributed by atoms with Gasteiger partial charge in [0.2, 0.25) is 11.9 Å². The highest BCUT2D eigenvalue weighted by molar-refractivity contribution is 6.36. The van der Waals surface area contributed by atoms with E-state index < -0.39 is 0 Å². The molecule has 0 fully saturated rings. The molecule has 0 radical (unpaired) electrons. The topological polar surface area (TPSA) is 88.0 Å². The van der Waals surface area contributed by atoms with Crippen LogP contribution >= 0.6 is 34.8 Å². The molecule has 0 atom stereocenters. The van der Waals surface area contributed by atoms with E-state index in [2.05, 4.69) is 25.7 Å². The summed E-state index contributed by atoms with van der Waals surface area (Å²) in [5.74, 6) is 0.683. The molecule has 0 unspecified atom stereocenters. The Morgan fingerprint density at radius 1 is 1.14 bits per heavy atom. The number of carbonyl (C=O) groups excluding carboxylic acids is 1. The van der Waals surface area contributed by atoms with Gasteiger partial charge in [-0.2, -0.15) is 10.1 Å². The van der Waals surface area contributed by atoms with Crippen molar-refractivity contribution in [2.45, 2.75) is 13.1 Å². The van der Waals surface area contributed by atoms with Gasteiger partial charge in [0.05, 0.1) is 18.1 Å². The number of aromatic nitrogens is 4. The zero-order chi connectivity index (χ0) is 21.0. The first-order valence-corrected chi connectivity index (χ1v) is 9.66. The summed E-state index contributed by atoms with van der Waals surface area (Å²) in [5, 5.41) is 11.8. The van der Waals surface area contributed by atoms with Crippen LogP contribution in [0.5, 0.6) is 0 Å². The van der Waals surface area contributed by atoms with Crippen LogP contribution in [0.15, 0.2) is 36.8 Å². The lowest BCUT2D eigenvalue weighted by molar-refractivity contribution is -0.129. The Hall–Kier alpha value is -2.55. The van der Waals surface area contributed by atoms with Gasteiger partial charge in [-0.05, 0) is 12.1 Å². The van der Waals surface area contributed by atoms with E-state index >= 15 is 0 Å². The van der Waals surface area contributed by atoms with Crippen molar-refractivity contribution in [1.29, 1.82) is 0 Å². The highest BCUT2D eigenvalue weighted by atomic mass is 35.5. The summed E-state index contributed by atoms with van der Waals surface area (Å²) >= 11 is 18.6. The number of likely N-dealkylation sites (N-methyl/N-ethyl adjacent to an activating group) is 1. The van der Waals surface area contributed by atoms with E-state index in [0.29, 0.717) is 39.1 Å². The van der Waals surface area contributed by atoms with Gasteiger partial charge in [0.25, 0.3) is 0 Å². The van der Waals surface area contributed by atoms with Crippen LogP contribution in [-0.2, 0) is 17.9 Å². The quantitative estimate of drug-likeness (QED) is 0.559. The van der Waals surface area contributed by atoms with Gasteiger partial charge in [-0.15, -0.1) is 0 Å². The molecule has 152 valence electrons. The van der Waals surface area contributed by atoms with Gasteiger partial charge < -0.3 is 15.5 Å². The normalized spacial score (nSPS) is 10.7. The summed E-state index contributed by atoms with van der Waals surface area (Å²) in [5.41, 5.74) is 1.38. The molecule has 3 aromatic rings. The molecule has 3 rings (SSSR count). The molecule has 8 nitrogen and oxygen atoms in total. The minimum atomic E-state index is -0.0629. The van der Waals surface area contributed by atoms with Crippen molar-refractivity contribution in [2.24, 2.45) is 0 Å². The van der Waals surface area contributed by atoms with E-state index in [1.807, 2.05) is 0 Å². The monoisotopic (exact) mass is 453 g/mol. The smallest absolute Gasteiger partial charge is 0.243 e. The minimum absolute atomic E-state index is 0.0629. The van der Waals surface area contributed by atoms with Crippen LogP contribution in [0, 0.1) is 0 Å². The standard InChI is InChI=1S/C18H18Cl3N7O/c1-27(2)16(29)10-28-9-11(6-24-28)25-18-23-8-15(21)17(26-18)22-7-12-13(19)4-3-5-14(12)20/h3-6,8-9H,7,10H2,1-2H3,(H2,22,23,25,26). The van der Waals surface area contributed by atoms with Crippen LogP contribution in [0.1, 0.15) is 5.56 Å². The molecule has 0 spiro atoms. The SMILES string of the molecule is CN(C)C(=O)Cn1cc(Nc2ncc(Cl)c(NCc3c(Cl)cccc3Cl)n2)cn1. The average molecular weight is 455 g/mol. The number of benzene rings is 1. The zero-order valence-corrected chi connectivity index (χ0v) is 17.9. The van der Waals surface area contributed by atoms with Crippen LogP contribution in [0.4, 0.5) is 17.5 Å². The Morgan fingerprint density at radius 3 is 2.55 bits per heavy atom. The predicted octanol–water partition coefficient (Wildman–Crippen LogP) is 4.08. The molecule has 0 saturated carbocycles. The summed E-state index contributed by atoms with van der Waals surface area (Å²) in [6.45, 7) is 0.487. The third-order valence-corrected chi connectivity index (χ3v) is 4.91. The number of hydrogen-bond acceptors (Lipinski definition) is 6. The number of rotatable bonds is 7. The molecule has 0 aliphatic rings. The summed E-state index contributed by atoms with van der Waals surface area (Å²) in [6, 6.07) is 5.30. The Balaban J connectivity index is 1.69. The zero-order valence-electron chi connectivity index (χ0n) is 15.7. The third-order valence-electron chi connectivity index (χ3n) is 3.92. The molecular formula is C18H18Cl3N7O. The molecule has 0 aliphatic carbocycles. The number of nitrogens with zero attached hydrogens (tertiary/aromatic N) is 5. The maximum Gasteiger partial charge on any atom is 0.243 e. The van der Waals surface area contributed by atoms with E-state index in [0.717, 1.165) is 5.56 Å². The van der Waals surface area contributed by atoms with Crippen molar-refractivity contribution in [1.82, 2.24) is 24.6 Å². The summed E-state index contributed by atoms with van der Waals surface area (Å²) in [4.78, 5) is 21.8. The van der Waals surface area contributed by atoms with E-state index in [1.165, 1.54) is 15.8 Å². The van der Waals surface area contributed by atoms with Gasteiger partial charge in [0, 0.05) is 42.4 Å². The first-order chi connectivity index (χ1) is 13.8. The fourth-order valence-corrected chi connectivity index (χ4v) is 3.04. The van der Waals surface area contributed by atoms with Crippen molar-refractivity contribution in [3.8, 4) is 0 Å². The lowest BCUT2D eigenvalue weighted by Crippen LogP contribution is -2.26. The van der Waals surface area contributed by atoms with Crippen LogP contribution in [0.3, 0.4) is 0 Å². The summed E-state index contributed by atoms with van der Waals surface area (Å²) < 4.78 is 1.53. The molecule has 0 bridgehead atoms.